The van der Waals surface area contributed by atoms with E-state index in [1.165, 1.54) is 0 Å². The maximum atomic E-state index is 12.3. The van der Waals surface area contributed by atoms with E-state index in [-0.39, 0.29) is 11.9 Å². The third kappa shape index (κ3) is 1.98. The molecule has 1 aliphatic carbocycles. The second kappa shape index (κ2) is 4.57. The lowest BCUT2D eigenvalue weighted by Gasteiger charge is -2.23. The summed E-state index contributed by atoms with van der Waals surface area (Å²) in [6, 6.07) is 6.10. The summed E-state index contributed by atoms with van der Waals surface area (Å²) in [5, 5.41) is 15.6. The van der Waals surface area contributed by atoms with Gasteiger partial charge in [0, 0.05) is 18.3 Å². The number of fused-ring (bicyclic) bond motifs is 3. The molecule has 0 radical (unpaired) electrons. The summed E-state index contributed by atoms with van der Waals surface area (Å²) in [7, 11) is 0. The predicted octanol–water partition coefficient (Wildman–Crippen LogP) is 0.686. The van der Waals surface area contributed by atoms with Gasteiger partial charge in [-0.15, -0.1) is 0 Å². The molecular weight excluding hydrogens is 266 g/mol. The van der Waals surface area contributed by atoms with Crippen LogP contribution in [0.25, 0.3) is 5.52 Å². The molecular formula is C15H15N5O. The number of carbonyl (C=O) groups is 1. The lowest BCUT2D eigenvalue weighted by atomic mass is 10.1. The number of hydrogen-bond acceptors (Lipinski definition) is 4. The van der Waals surface area contributed by atoms with Crippen LogP contribution in [0.2, 0.25) is 0 Å². The van der Waals surface area contributed by atoms with Crippen LogP contribution in [0.15, 0.2) is 24.7 Å². The first-order valence-corrected chi connectivity index (χ1v) is 7.15. The topological polar surface area (TPSA) is 82.2 Å². The second-order valence-corrected chi connectivity index (χ2v) is 5.84. The van der Waals surface area contributed by atoms with Crippen LogP contribution in [0.5, 0.6) is 0 Å². The molecule has 3 unspecified atom stereocenters. The SMILES string of the molecule is N#Cc1ccn2cnc(C(=O)NC3CC4CNC3C4)cc12. The third-order valence-electron chi connectivity index (χ3n) is 4.55. The van der Waals surface area contributed by atoms with E-state index in [2.05, 4.69) is 21.7 Å². The van der Waals surface area contributed by atoms with Crippen molar-refractivity contribution in [3.8, 4) is 6.07 Å². The highest BCUT2D eigenvalue weighted by molar-refractivity contribution is 5.93. The molecule has 2 aromatic heterocycles. The Morgan fingerprint density at radius 3 is 3.14 bits per heavy atom. The molecule has 0 aromatic carbocycles. The lowest BCUT2D eigenvalue weighted by Crippen LogP contribution is -2.48. The molecule has 2 aliphatic rings. The van der Waals surface area contributed by atoms with Crippen LogP contribution < -0.4 is 10.6 Å². The maximum Gasteiger partial charge on any atom is 0.270 e. The quantitative estimate of drug-likeness (QED) is 0.848. The molecule has 1 saturated carbocycles. The highest BCUT2D eigenvalue weighted by Crippen LogP contribution is 2.31. The molecule has 6 heteroatoms. The minimum Gasteiger partial charge on any atom is -0.346 e. The van der Waals surface area contributed by atoms with Crippen LogP contribution in [0.4, 0.5) is 0 Å². The van der Waals surface area contributed by atoms with Gasteiger partial charge in [0.25, 0.3) is 5.91 Å². The molecule has 2 aromatic rings. The van der Waals surface area contributed by atoms with Gasteiger partial charge in [-0.25, -0.2) is 4.98 Å². The molecule has 4 rings (SSSR count). The summed E-state index contributed by atoms with van der Waals surface area (Å²) >= 11 is 0. The molecule has 3 heterocycles. The van der Waals surface area contributed by atoms with Gasteiger partial charge in [-0.1, -0.05) is 0 Å². The average molecular weight is 281 g/mol. The van der Waals surface area contributed by atoms with E-state index in [9.17, 15) is 4.79 Å². The van der Waals surface area contributed by atoms with Crippen molar-refractivity contribution >= 4 is 11.4 Å². The van der Waals surface area contributed by atoms with E-state index < -0.39 is 0 Å². The molecule has 1 saturated heterocycles. The number of amides is 1. The van der Waals surface area contributed by atoms with Gasteiger partial charge < -0.3 is 15.0 Å². The van der Waals surface area contributed by atoms with Gasteiger partial charge in [-0.3, -0.25) is 4.79 Å². The van der Waals surface area contributed by atoms with Crippen molar-refractivity contribution < 1.29 is 4.79 Å². The summed E-state index contributed by atoms with van der Waals surface area (Å²) in [5.41, 5.74) is 1.62. The van der Waals surface area contributed by atoms with E-state index in [1.807, 2.05) is 0 Å². The van der Waals surface area contributed by atoms with E-state index in [4.69, 9.17) is 5.26 Å². The van der Waals surface area contributed by atoms with E-state index in [1.54, 1.807) is 29.1 Å². The number of piperidine rings is 1. The van der Waals surface area contributed by atoms with Crippen molar-refractivity contribution in [3.63, 3.8) is 0 Å². The molecule has 2 N–H and O–H groups in total. The summed E-state index contributed by atoms with van der Waals surface area (Å²) in [5.74, 6) is 0.522. The second-order valence-electron chi connectivity index (χ2n) is 5.84. The number of nitriles is 1. The molecule has 2 bridgehead atoms. The molecule has 1 aliphatic heterocycles. The Kier molecular flexibility index (Phi) is 2.69. The van der Waals surface area contributed by atoms with Crippen LogP contribution >= 0.6 is 0 Å². The van der Waals surface area contributed by atoms with Gasteiger partial charge in [-0.2, -0.15) is 5.26 Å². The Morgan fingerprint density at radius 2 is 2.43 bits per heavy atom. The first kappa shape index (κ1) is 12.4. The number of rotatable bonds is 2. The fraction of sp³-hybridized carbons (Fsp3) is 0.400. The van der Waals surface area contributed by atoms with Crippen LogP contribution in [-0.2, 0) is 0 Å². The zero-order chi connectivity index (χ0) is 14.4. The molecule has 0 spiro atoms. The number of nitrogens with zero attached hydrogens (tertiary/aromatic N) is 3. The van der Waals surface area contributed by atoms with E-state index >= 15 is 0 Å². The monoisotopic (exact) mass is 281 g/mol. The maximum absolute atomic E-state index is 12.3. The Bertz CT molecular complexity index is 759. The normalized spacial score (nSPS) is 26.9. The Morgan fingerprint density at radius 1 is 1.52 bits per heavy atom. The average Bonchev–Trinajstić information content (AvgIpc) is 3.21. The summed E-state index contributed by atoms with van der Waals surface area (Å²) in [6.45, 7) is 1.07. The van der Waals surface area contributed by atoms with Crippen molar-refractivity contribution in [3.05, 3.63) is 35.9 Å². The minimum atomic E-state index is -0.165. The van der Waals surface area contributed by atoms with Crippen LogP contribution in [0.1, 0.15) is 28.9 Å². The van der Waals surface area contributed by atoms with Crippen molar-refractivity contribution in [2.45, 2.75) is 24.9 Å². The highest BCUT2D eigenvalue weighted by Gasteiger charge is 2.40. The third-order valence-corrected chi connectivity index (χ3v) is 4.55. The lowest BCUT2D eigenvalue weighted by molar-refractivity contribution is 0.0923. The fourth-order valence-corrected chi connectivity index (χ4v) is 3.48. The molecule has 3 atom stereocenters. The van der Waals surface area contributed by atoms with E-state index in [0.29, 0.717) is 28.7 Å². The first-order chi connectivity index (χ1) is 10.2. The molecule has 6 nitrogen and oxygen atoms in total. The smallest absolute Gasteiger partial charge is 0.270 e. The van der Waals surface area contributed by atoms with Gasteiger partial charge in [0.2, 0.25) is 0 Å². The Labute approximate surface area is 121 Å². The van der Waals surface area contributed by atoms with Gasteiger partial charge in [0.15, 0.2) is 0 Å². The number of hydrogen-bond donors (Lipinski definition) is 2. The van der Waals surface area contributed by atoms with Gasteiger partial charge in [0.1, 0.15) is 18.1 Å². The van der Waals surface area contributed by atoms with Crippen molar-refractivity contribution in [2.24, 2.45) is 5.92 Å². The van der Waals surface area contributed by atoms with Gasteiger partial charge in [0.05, 0.1) is 11.1 Å². The summed E-state index contributed by atoms with van der Waals surface area (Å²) < 4.78 is 1.74. The first-order valence-electron chi connectivity index (χ1n) is 7.15. The zero-order valence-corrected chi connectivity index (χ0v) is 11.4. The summed E-state index contributed by atoms with van der Waals surface area (Å²) in [4.78, 5) is 16.5. The molecule has 106 valence electrons. The number of carbonyl (C=O) groups excluding carboxylic acids is 1. The van der Waals surface area contributed by atoms with Crippen LogP contribution in [0, 0.1) is 17.2 Å². The molecule has 2 fully saturated rings. The molecule has 21 heavy (non-hydrogen) atoms. The predicted molar refractivity (Wildman–Crippen MR) is 75.7 cm³/mol. The van der Waals surface area contributed by atoms with E-state index in [0.717, 1.165) is 19.4 Å². The van der Waals surface area contributed by atoms with Crippen molar-refractivity contribution in [2.75, 3.05) is 6.54 Å². The van der Waals surface area contributed by atoms with Gasteiger partial charge in [-0.05, 0) is 37.4 Å². The number of nitrogens with one attached hydrogen (secondary N) is 2. The fourth-order valence-electron chi connectivity index (χ4n) is 3.48. The highest BCUT2D eigenvalue weighted by atomic mass is 16.2. The van der Waals surface area contributed by atoms with Crippen molar-refractivity contribution in [1.29, 1.82) is 5.26 Å². The van der Waals surface area contributed by atoms with Gasteiger partial charge >= 0.3 is 0 Å². The molecule has 1 amide bonds. The standard InChI is InChI=1S/C15H15N5O/c16-6-10-1-2-20-8-18-13(5-14(10)20)15(21)19-12-4-9-3-11(12)17-7-9/h1-2,5,8-9,11-12,17H,3-4,7H2,(H,19,21). The Balaban J connectivity index is 1.58. The number of aromatic nitrogens is 2. The van der Waals surface area contributed by atoms with Crippen molar-refractivity contribution in [1.82, 2.24) is 20.0 Å². The van der Waals surface area contributed by atoms with Crippen LogP contribution in [-0.4, -0.2) is 33.9 Å². The zero-order valence-electron chi connectivity index (χ0n) is 11.4. The summed E-state index contributed by atoms with van der Waals surface area (Å²) in [6.07, 6.45) is 5.53. The largest absolute Gasteiger partial charge is 0.346 e. The minimum absolute atomic E-state index is 0.165. The van der Waals surface area contributed by atoms with Crippen LogP contribution in [0.3, 0.4) is 0 Å². The Hall–Kier alpha value is -2.39.